The summed E-state index contributed by atoms with van der Waals surface area (Å²) in [6.45, 7) is -0.385. The van der Waals surface area contributed by atoms with Crippen LogP contribution in [-0.2, 0) is 0 Å². The molecule has 0 saturated carbocycles. The quantitative estimate of drug-likeness (QED) is 0.884. The predicted octanol–water partition coefficient (Wildman–Crippen LogP) is 3.19. The third-order valence-electron chi connectivity index (χ3n) is 2.95. The number of nitrogens with one attached hydrogen (secondary N) is 1. The van der Waals surface area contributed by atoms with Gasteiger partial charge >= 0.3 is 0 Å². The number of amides is 1. The molecule has 2 rings (SSSR count). The number of carbonyl (C=O) groups is 1. The van der Waals surface area contributed by atoms with Gasteiger partial charge in [-0.25, -0.2) is 8.78 Å². The summed E-state index contributed by atoms with van der Waals surface area (Å²) >= 11 is 3.27. The van der Waals surface area contributed by atoms with E-state index in [1.165, 1.54) is 6.07 Å². The first-order valence-electron chi connectivity index (χ1n) is 6.14. The molecule has 6 heteroatoms. The number of rotatable bonds is 4. The van der Waals surface area contributed by atoms with E-state index in [-0.39, 0.29) is 6.61 Å². The first-order chi connectivity index (χ1) is 10.0. The highest BCUT2D eigenvalue weighted by atomic mass is 79.9. The summed E-state index contributed by atoms with van der Waals surface area (Å²) in [7, 11) is 0. The molecule has 0 radical (unpaired) electrons. The van der Waals surface area contributed by atoms with Crippen LogP contribution >= 0.6 is 15.9 Å². The number of carbonyl (C=O) groups excluding carboxylic acids is 1. The predicted molar refractivity (Wildman–Crippen MR) is 77.8 cm³/mol. The second-order valence-electron chi connectivity index (χ2n) is 4.36. The molecule has 0 aliphatic heterocycles. The van der Waals surface area contributed by atoms with E-state index in [1.54, 1.807) is 24.3 Å². The lowest BCUT2D eigenvalue weighted by atomic mass is 10.1. The highest BCUT2D eigenvalue weighted by Gasteiger charge is 2.20. The SMILES string of the molecule is O=C(NC(CO)c1ccc(Br)cc1)c1c(F)cccc1F. The van der Waals surface area contributed by atoms with Crippen LogP contribution in [0, 0.1) is 11.6 Å². The normalized spacial score (nSPS) is 12.0. The maximum absolute atomic E-state index is 13.5. The van der Waals surface area contributed by atoms with Crippen molar-refractivity contribution < 1.29 is 18.7 Å². The number of aliphatic hydroxyl groups excluding tert-OH is 1. The van der Waals surface area contributed by atoms with Crippen molar-refractivity contribution >= 4 is 21.8 Å². The summed E-state index contributed by atoms with van der Waals surface area (Å²) in [5, 5.41) is 11.8. The second-order valence-corrected chi connectivity index (χ2v) is 5.27. The zero-order valence-electron chi connectivity index (χ0n) is 10.8. The zero-order chi connectivity index (χ0) is 15.4. The summed E-state index contributed by atoms with van der Waals surface area (Å²) in [5.74, 6) is -2.80. The Morgan fingerprint density at radius 3 is 2.24 bits per heavy atom. The van der Waals surface area contributed by atoms with Crippen LogP contribution in [0.15, 0.2) is 46.9 Å². The van der Waals surface area contributed by atoms with Gasteiger partial charge in [-0.3, -0.25) is 4.79 Å². The molecule has 0 saturated heterocycles. The fourth-order valence-electron chi connectivity index (χ4n) is 1.87. The van der Waals surface area contributed by atoms with E-state index in [1.807, 2.05) is 0 Å². The van der Waals surface area contributed by atoms with Crippen LogP contribution in [0.25, 0.3) is 0 Å². The minimum absolute atomic E-state index is 0.385. The van der Waals surface area contributed by atoms with Crippen molar-refractivity contribution in [3.63, 3.8) is 0 Å². The lowest BCUT2D eigenvalue weighted by Crippen LogP contribution is -2.32. The average Bonchev–Trinajstić information content (AvgIpc) is 2.45. The van der Waals surface area contributed by atoms with E-state index in [0.29, 0.717) is 5.56 Å². The molecular weight excluding hydrogens is 344 g/mol. The molecule has 3 nitrogen and oxygen atoms in total. The van der Waals surface area contributed by atoms with Gasteiger partial charge in [0.2, 0.25) is 0 Å². The molecule has 0 fully saturated rings. The maximum Gasteiger partial charge on any atom is 0.257 e. The molecule has 0 aliphatic carbocycles. The van der Waals surface area contributed by atoms with Gasteiger partial charge in [0.05, 0.1) is 12.6 Å². The van der Waals surface area contributed by atoms with Crippen LogP contribution in [0.5, 0.6) is 0 Å². The standard InChI is InChI=1S/C15H12BrF2NO2/c16-10-6-4-9(5-7-10)13(8-20)19-15(21)14-11(17)2-1-3-12(14)18/h1-7,13,20H,8H2,(H,19,21). The van der Waals surface area contributed by atoms with Crippen LogP contribution < -0.4 is 5.32 Å². The van der Waals surface area contributed by atoms with E-state index in [2.05, 4.69) is 21.2 Å². The highest BCUT2D eigenvalue weighted by Crippen LogP contribution is 2.18. The van der Waals surface area contributed by atoms with Gasteiger partial charge in [-0.1, -0.05) is 34.1 Å². The summed E-state index contributed by atoms with van der Waals surface area (Å²) in [6, 6.07) is 9.33. The minimum atomic E-state index is -0.944. The molecule has 1 amide bonds. The van der Waals surface area contributed by atoms with E-state index < -0.39 is 29.1 Å². The molecule has 2 aromatic rings. The third kappa shape index (κ3) is 3.65. The van der Waals surface area contributed by atoms with Crippen molar-refractivity contribution in [2.24, 2.45) is 0 Å². The Hall–Kier alpha value is -1.79. The molecule has 21 heavy (non-hydrogen) atoms. The first kappa shape index (κ1) is 15.6. The molecule has 2 N–H and O–H groups in total. The van der Waals surface area contributed by atoms with Crippen molar-refractivity contribution in [3.8, 4) is 0 Å². The molecule has 0 aliphatic rings. The number of aliphatic hydroxyl groups is 1. The van der Waals surface area contributed by atoms with Gasteiger partial charge < -0.3 is 10.4 Å². The topological polar surface area (TPSA) is 49.3 Å². The van der Waals surface area contributed by atoms with E-state index >= 15 is 0 Å². The van der Waals surface area contributed by atoms with Crippen LogP contribution in [-0.4, -0.2) is 17.6 Å². The molecule has 1 atom stereocenters. The van der Waals surface area contributed by atoms with Gasteiger partial charge in [0.1, 0.15) is 17.2 Å². The fraction of sp³-hybridized carbons (Fsp3) is 0.133. The average molecular weight is 356 g/mol. The number of hydrogen-bond acceptors (Lipinski definition) is 2. The Morgan fingerprint density at radius 2 is 1.71 bits per heavy atom. The number of benzene rings is 2. The summed E-state index contributed by atoms with van der Waals surface area (Å²) in [5.41, 5.74) is -0.0288. The van der Waals surface area contributed by atoms with Gasteiger partial charge in [0.25, 0.3) is 5.91 Å². The zero-order valence-corrected chi connectivity index (χ0v) is 12.4. The minimum Gasteiger partial charge on any atom is -0.394 e. The van der Waals surface area contributed by atoms with Crippen LogP contribution in [0.2, 0.25) is 0 Å². The van der Waals surface area contributed by atoms with Gasteiger partial charge in [-0.2, -0.15) is 0 Å². The number of hydrogen-bond donors (Lipinski definition) is 2. The fourth-order valence-corrected chi connectivity index (χ4v) is 2.14. The van der Waals surface area contributed by atoms with E-state index in [0.717, 1.165) is 16.6 Å². The van der Waals surface area contributed by atoms with E-state index in [4.69, 9.17) is 0 Å². The van der Waals surface area contributed by atoms with Gasteiger partial charge in [0, 0.05) is 4.47 Å². The molecular formula is C15H12BrF2NO2. The van der Waals surface area contributed by atoms with Gasteiger partial charge in [-0.05, 0) is 29.8 Å². The van der Waals surface area contributed by atoms with Gasteiger partial charge in [-0.15, -0.1) is 0 Å². The van der Waals surface area contributed by atoms with Crippen LogP contribution in [0.4, 0.5) is 8.78 Å². The molecule has 1 unspecified atom stereocenters. The summed E-state index contributed by atoms with van der Waals surface area (Å²) < 4.78 is 27.9. The van der Waals surface area contributed by atoms with Gasteiger partial charge in [0.15, 0.2) is 0 Å². The van der Waals surface area contributed by atoms with E-state index in [9.17, 15) is 18.7 Å². The summed E-state index contributed by atoms with van der Waals surface area (Å²) in [4.78, 5) is 12.0. The molecule has 2 aromatic carbocycles. The molecule has 0 bridgehead atoms. The first-order valence-corrected chi connectivity index (χ1v) is 6.93. The molecule has 110 valence electrons. The Morgan fingerprint density at radius 1 is 1.14 bits per heavy atom. The smallest absolute Gasteiger partial charge is 0.257 e. The Bertz CT molecular complexity index is 626. The Kier molecular flexibility index (Phi) is 5.03. The Balaban J connectivity index is 2.22. The Labute approximate surface area is 128 Å². The third-order valence-corrected chi connectivity index (χ3v) is 3.48. The van der Waals surface area contributed by atoms with Crippen molar-refractivity contribution in [1.29, 1.82) is 0 Å². The molecule has 0 spiro atoms. The maximum atomic E-state index is 13.5. The lowest BCUT2D eigenvalue weighted by molar-refractivity contribution is 0.0907. The monoisotopic (exact) mass is 355 g/mol. The highest BCUT2D eigenvalue weighted by molar-refractivity contribution is 9.10. The second kappa shape index (κ2) is 6.78. The largest absolute Gasteiger partial charge is 0.394 e. The van der Waals surface area contributed by atoms with Crippen LogP contribution in [0.3, 0.4) is 0 Å². The van der Waals surface area contributed by atoms with Crippen molar-refractivity contribution in [1.82, 2.24) is 5.32 Å². The lowest BCUT2D eigenvalue weighted by Gasteiger charge is -2.17. The van der Waals surface area contributed by atoms with Crippen molar-refractivity contribution in [2.45, 2.75) is 6.04 Å². The van der Waals surface area contributed by atoms with Crippen molar-refractivity contribution in [3.05, 3.63) is 69.7 Å². The number of halogens is 3. The summed E-state index contributed by atoms with van der Waals surface area (Å²) in [6.07, 6.45) is 0. The van der Waals surface area contributed by atoms with Crippen molar-refractivity contribution in [2.75, 3.05) is 6.61 Å². The van der Waals surface area contributed by atoms with Crippen LogP contribution in [0.1, 0.15) is 22.0 Å². The molecule has 0 aromatic heterocycles. The molecule has 0 heterocycles.